The first-order valence-corrected chi connectivity index (χ1v) is 13.5. The average Bonchev–Trinajstić information content (AvgIpc) is 3.42. The van der Waals surface area contributed by atoms with Crippen LogP contribution in [0.15, 0.2) is 34.1 Å². The highest BCUT2D eigenvalue weighted by Gasteiger charge is 2.46. The average molecular weight is 591 g/mol. The Labute approximate surface area is 230 Å². The maximum atomic E-state index is 11.9. The van der Waals surface area contributed by atoms with Gasteiger partial charge < -0.3 is 45.5 Å². The molecule has 2 aliphatic rings. The molecule has 2 aromatic rings. The van der Waals surface area contributed by atoms with Crippen molar-refractivity contribution in [3.8, 4) is 0 Å². The first kappa shape index (κ1) is 32.0. The van der Waals surface area contributed by atoms with Crippen LogP contribution in [0.1, 0.15) is 26.3 Å². The standard InChI is InChI=1S/C11H18N3O7P.C11H17N3O4/c1-6-8(18-2)9(14-4-3-7(12)13-11(14)16)19-10(6)20-21-22(17)5-15;1-6-7(5-15)18-10(9(6)17-2)14-4-3-8(12)13-11(14)16/h3-4,6,8-10,15,17H,5H2,1-2H3,(H2,12,13,16);3-4,6-7,9-10,15H,5H2,1-2H3,(H2,12,13,16)/t6-,8?,9-,10-,22?;6-,7+,9?,10+/m10/s1. The predicted molar refractivity (Wildman–Crippen MR) is 139 cm³/mol. The molecule has 224 valence electrons. The van der Waals surface area contributed by atoms with Gasteiger partial charge in [-0.15, -0.1) is 0 Å². The van der Waals surface area contributed by atoms with E-state index >= 15 is 0 Å². The molecule has 2 aliphatic heterocycles. The van der Waals surface area contributed by atoms with Crippen LogP contribution in [0.2, 0.25) is 0 Å². The lowest BCUT2D eigenvalue weighted by molar-refractivity contribution is -0.326. The van der Waals surface area contributed by atoms with Crippen LogP contribution in [0.25, 0.3) is 0 Å². The van der Waals surface area contributed by atoms with Gasteiger partial charge in [-0.1, -0.05) is 13.8 Å². The molecule has 18 heteroatoms. The number of nitrogens with zero attached hydrogens (tertiary/aromatic N) is 4. The van der Waals surface area contributed by atoms with E-state index in [1.165, 1.54) is 40.8 Å². The molecule has 0 radical (unpaired) electrons. The summed E-state index contributed by atoms with van der Waals surface area (Å²) in [5.41, 5.74) is 9.82. The summed E-state index contributed by atoms with van der Waals surface area (Å²) in [7, 11) is 0.928. The SMILES string of the molecule is COC1[C@@H](C)[C@@H](CO)O[C@H]1n1ccc(N)nc1=O.COC1[C@@H](C)[C@@H](OOP(O)CO)O[C@H]1n1ccc(N)nc1=O. The minimum atomic E-state index is -2.10. The van der Waals surface area contributed by atoms with E-state index in [9.17, 15) is 19.6 Å². The Balaban J connectivity index is 0.000000225. The Bertz CT molecular complexity index is 1220. The van der Waals surface area contributed by atoms with Crippen molar-refractivity contribution in [3.63, 3.8) is 0 Å². The Hall–Kier alpha value is -2.57. The first-order valence-electron chi connectivity index (χ1n) is 12.1. The van der Waals surface area contributed by atoms with Crippen molar-refractivity contribution in [1.82, 2.24) is 19.1 Å². The second-order valence-electron chi connectivity index (χ2n) is 9.01. The molecule has 17 nitrogen and oxygen atoms in total. The van der Waals surface area contributed by atoms with Crippen LogP contribution in [0, 0.1) is 11.8 Å². The molecule has 0 aliphatic carbocycles. The fourth-order valence-corrected chi connectivity index (χ4v) is 4.62. The van der Waals surface area contributed by atoms with Crippen LogP contribution in [0.3, 0.4) is 0 Å². The summed E-state index contributed by atoms with van der Waals surface area (Å²) < 4.78 is 29.2. The topological polar surface area (TPSA) is 238 Å². The van der Waals surface area contributed by atoms with E-state index in [4.69, 9.17) is 40.4 Å². The molecule has 0 amide bonds. The third kappa shape index (κ3) is 7.19. The fraction of sp³-hybridized carbons (Fsp3) is 0.636. The van der Waals surface area contributed by atoms with Crippen molar-refractivity contribution in [2.45, 2.75) is 50.9 Å². The maximum Gasteiger partial charge on any atom is 0.351 e. The number of ether oxygens (including phenoxy) is 4. The Morgan fingerprint density at radius 2 is 1.43 bits per heavy atom. The fourth-order valence-electron chi connectivity index (χ4n) is 4.39. The van der Waals surface area contributed by atoms with Gasteiger partial charge >= 0.3 is 11.4 Å². The number of aromatic nitrogens is 4. The number of anilines is 2. The minimum Gasteiger partial charge on any atom is -0.394 e. The maximum absolute atomic E-state index is 11.9. The number of methoxy groups -OCH3 is 2. The monoisotopic (exact) mass is 590 g/mol. The van der Waals surface area contributed by atoms with Gasteiger partial charge in [0.2, 0.25) is 8.38 Å². The van der Waals surface area contributed by atoms with Crippen LogP contribution in [-0.2, 0) is 28.5 Å². The van der Waals surface area contributed by atoms with Crippen molar-refractivity contribution in [1.29, 1.82) is 0 Å². The van der Waals surface area contributed by atoms with Crippen LogP contribution in [0.5, 0.6) is 0 Å². The number of nitrogen functional groups attached to an aromatic ring is 2. The molecule has 0 spiro atoms. The van der Waals surface area contributed by atoms with Crippen LogP contribution in [-0.4, -0.2) is 86.0 Å². The van der Waals surface area contributed by atoms with Crippen LogP contribution in [0.4, 0.5) is 11.6 Å². The van der Waals surface area contributed by atoms with Gasteiger partial charge in [0.25, 0.3) is 0 Å². The summed E-state index contributed by atoms with van der Waals surface area (Å²) in [6, 6.07) is 2.99. The lowest BCUT2D eigenvalue weighted by Gasteiger charge is -2.20. The highest BCUT2D eigenvalue weighted by molar-refractivity contribution is 7.45. The van der Waals surface area contributed by atoms with E-state index in [2.05, 4.69) is 14.6 Å². The second kappa shape index (κ2) is 14.4. The predicted octanol–water partition coefficient (Wildman–Crippen LogP) is -1.10. The van der Waals surface area contributed by atoms with Crippen LogP contribution >= 0.6 is 8.38 Å². The van der Waals surface area contributed by atoms with Gasteiger partial charge in [-0.3, -0.25) is 9.13 Å². The second-order valence-corrected chi connectivity index (χ2v) is 10.1. The molecule has 4 rings (SSSR count). The molecular formula is C22H35N6O11P. The number of rotatable bonds is 9. The van der Waals surface area contributed by atoms with E-state index < -0.39 is 51.0 Å². The van der Waals surface area contributed by atoms with Gasteiger partial charge in [0.1, 0.15) is 30.2 Å². The van der Waals surface area contributed by atoms with E-state index in [1.54, 1.807) is 14.0 Å². The molecule has 0 aromatic carbocycles. The molecule has 4 heterocycles. The van der Waals surface area contributed by atoms with Gasteiger partial charge in [-0.05, 0) is 12.1 Å². The lowest BCUT2D eigenvalue weighted by Crippen LogP contribution is -2.34. The van der Waals surface area contributed by atoms with Gasteiger partial charge in [0.05, 0.1) is 12.7 Å². The zero-order chi connectivity index (χ0) is 29.6. The highest BCUT2D eigenvalue weighted by Crippen LogP contribution is 2.39. The molecule has 3 unspecified atom stereocenters. The highest BCUT2D eigenvalue weighted by atomic mass is 31.2. The summed E-state index contributed by atoms with van der Waals surface area (Å²) in [6.07, 6.45) is -1.03. The van der Waals surface area contributed by atoms with Crippen molar-refractivity contribution < 1.29 is 43.6 Å². The van der Waals surface area contributed by atoms with Crippen LogP contribution < -0.4 is 22.8 Å². The summed E-state index contributed by atoms with van der Waals surface area (Å²) in [6.45, 7) is 3.57. The molecule has 2 aromatic heterocycles. The molecule has 7 N–H and O–H groups in total. The number of nitrogens with two attached hydrogens (primary N) is 2. The summed E-state index contributed by atoms with van der Waals surface area (Å²) in [4.78, 5) is 45.1. The van der Waals surface area contributed by atoms with E-state index in [-0.39, 0.29) is 42.3 Å². The molecule has 9 atom stereocenters. The number of hydrogen-bond donors (Lipinski definition) is 5. The third-order valence-electron chi connectivity index (χ3n) is 6.52. The third-order valence-corrected chi connectivity index (χ3v) is 7.02. The lowest BCUT2D eigenvalue weighted by atomic mass is 10.0. The van der Waals surface area contributed by atoms with Crippen molar-refractivity contribution >= 4 is 20.0 Å². The largest absolute Gasteiger partial charge is 0.394 e. The Morgan fingerprint density at radius 1 is 0.925 bits per heavy atom. The number of aliphatic hydroxyl groups excluding tert-OH is 2. The van der Waals surface area contributed by atoms with E-state index in [0.29, 0.717) is 0 Å². The Kier molecular flexibility index (Phi) is 11.5. The normalized spacial score (nSPS) is 30.6. The quantitative estimate of drug-likeness (QED) is 0.132. The minimum absolute atomic E-state index is 0.0190. The molecule has 2 saturated heterocycles. The van der Waals surface area contributed by atoms with Crippen molar-refractivity contribution in [2.75, 3.05) is 38.6 Å². The Morgan fingerprint density at radius 3 is 1.88 bits per heavy atom. The van der Waals surface area contributed by atoms with Gasteiger partial charge in [0, 0.05) is 38.4 Å². The first-order chi connectivity index (χ1) is 19.1. The molecule has 0 saturated carbocycles. The molecule has 2 fully saturated rings. The van der Waals surface area contributed by atoms with E-state index in [1.807, 2.05) is 6.92 Å². The summed E-state index contributed by atoms with van der Waals surface area (Å²) >= 11 is 0. The molecule has 0 bridgehead atoms. The molecular weight excluding hydrogens is 555 g/mol. The van der Waals surface area contributed by atoms with Gasteiger partial charge in [-0.2, -0.15) is 19.5 Å². The summed E-state index contributed by atoms with van der Waals surface area (Å²) in [5.74, 6) is -0.0581. The summed E-state index contributed by atoms with van der Waals surface area (Å²) in [5, 5.41) is 17.9. The van der Waals surface area contributed by atoms with Crippen molar-refractivity contribution in [3.05, 3.63) is 45.5 Å². The smallest absolute Gasteiger partial charge is 0.351 e. The van der Waals surface area contributed by atoms with Gasteiger partial charge in [-0.25, -0.2) is 9.59 Å². The van der Waals surface area contributed by atoms with E-state index in [0.717, 1.165) is 0 Å². The van der Waals surface area contributed by atoms with Crippen molar-refractivity contribution in [2.24, 2.45) is 11.8 Å². The molecule has 40 heavy (non-hydrogen) atoms. The zero-order valence-electron chi connectivity index (χ0n) is 22.3. The number of aliphatic hydroxyl groups is 2. The zero-order valence-corrected chi connectivity index (χ0v) is 23.2. The number of hydrogen-bond acceptors (Lipinski definition) is 15. The van der Waals surface area contributed by atoms with Gasteiger partial charge in [0.15, 0.2) is 18.7 Å².